The third-order valence-corrected chi connectivity index (χ3v) is 3.93. The summed E-state index contributed by atoms with van der Waals surface area (Å²) in [6.45, 7) is 2.28. The van der Waals surface area contributed by atoms with Gasteiger partial charge in [-0.05, 0) is 30.7 Å². The second-order valence-electron chi connectivity index (χ2n) is 5.68. The zero-order valence-electron chi connectivity index (χ0n) is 14.2. The number of esters is 1. The molecule has 1 heterocycles. The van der Waals surface area contributed by atoms with Crippen LogP contribution in [0.1, 0.15) is 33.2 Å². The van der Waals surface area contributed by atoms with E-state index in [2.05, 4.69) is 10.3 Å². The van der Waals surface area contributed by atoms with Gasteiger partial charge in [0.1, 0.15) is 5.56 Å². The molecule has 2 aromatic carbocycles. The van der Waals surface area contributed by atoms with Crippen molar-refractivity contribution in [2.75, 3.05) is 6.61 Å². The molecule has 1 amide bonds. The number of fused-ring (bicyclic) bond motifs is 1. The quantitative estimate of drug-likeness (QED) is 0.693. The van der Waals surface area contributed by atoms with Gasteiger partial charge in [-0.1, -0.05) is 30.3 Å². The van der Waals surface area contributed by atoms with Gasteiger partial charge in [-0.3, -0.25) is 9.59 Å². The molecule has 132 valence electrons. The van der Waals surface area contributed by atoms with Gasteiger partial charge in [0.15, 0.2) is 0 Å². The monoisotopic (exact) mass is 350 g/mol. The van der Waals surface area contributed by atoms with Gasteiger partial charge in [-0.2, -0.15) is 0 Å². The van der Waals surface area contributed by atoms with Crippen LogP contribution in [0.5, 0.6) is 0 Å². The lowest BCUT2D eigenvalue weighted by Gasteiger charge is -2.07. The van der Waals surface area contributed by atoms with Gasteiger partial charge in [-0.25, -0.2) is 4.79 Å². The van der Waals surface area contributed by atoms with E-state index in [-0.39, 0.29) is 18.1 Å². The van der Waals surface area contributed by atoms with Crippen molar-refractivity contribution in [3.63, 3.8) is 0 Å². The number of carbonyl (C=O) groups excluding carboxylic acids is 2. The standard InChI is InChI=1S/C20H18N2O4/c1-2-26-20(25)16-12-21-17-10-14(8-9-15(17)18(16)23)19(24)22-11-13-6-4-3-5-7-13/h3-10,12H,2,11H2,1H3,(H,21,23)(H,22,24). The summed E-state index contributed by atoms with van der Waals surface area (Å²) in [7, 11) is 0. The topological polar surface area (TPSA) is 88.3 Å². The van der Waals surface area contributed by atoms with Gasteiger partial charge in [0.25, 0.3) is 5.91 Å². The van der Waals surface area contributed by atoms with Crippen molar-refractivity contribution in [3.05, 3.63) is 81.6 Å². The van der Waals surface area contributed by atoms with E-state index in [0.717, 1.165) is 5.56 Å². The highest BCUT2D eigenvalue weighted by molar-refractivity contribution is 5.99. The van der Waals surface area contributed by atoms with Crippen molar-refractivity contribution in [1.29, 1.82) is 0 Å². The van der Waals surface area contributed by atoms with Crippen LogP contribution in [0.4, 0.5) is 0 Å². The zero-order chi connectivity index (χ0) is 18.5. The first-order chi connectivity index (χ1) is 12.6. The fourth-order valence-electron chi connectivity index (χ4n) is 2.60. The van der Waals surface area contributed by atoms with Crippen LogP contribution >= 0.6 is 0 Å². The van der Waals surface area contributed by atoms with Gasteiger partial charge in [0.05, 0.1) is 12.1 Å². The highest BCUT2D eigenvalue weighted by Gasteiger charge is 2.15. The zero-order valence-corrected chi connectivity index (χ0v) is 14.2. The fraction of sp³-hybridized carbons (Fsp3) is 0.150. The predicted molar refractivity (Wildman–Crippen MR) is 98.1 cm³/mol. The van der Waals surface area contributed by atoms with Crippen LogP contribution in [0.25, 0.3) is 10.9 Å². The third kappa shape index (κ3) is 3.64. The maximum atomic E-state index is 12.4. The summed E-state index contributed by atoms with van der Waals surface area (Å²) in [6.07, 6.45) is 1.31. The van der Waals surface area contributed by atoms with E-state index in [0.29, 0.717) is 23.0 Å². The highest BCUT2D eigenvalue weighted by atomic mass is 16.5. The number of rotatable bonds is 5. The minimum Gasteiger partial charge on any atom is -0.462 e. The van der Waals surface area contributed by atoms with Crippen molar-refractivity contribution >= 4 is 22.8 Å². The molecule has 0 spiro atoms. The van der Waals surface area contributed by atoms with E-state index in [4.69, 9.17) is 4.74 Å². The number of carbonyl (C=O) groups is 2. The van der Waals surface area contributed by atoms with Gasteiger partial charge in [0.2, 0.25) is 5.43 Å². The molecule has 0 aliphatic heterocycles. The first-order valence-electron chi connectivity index (χ1n) is 8.25. The van der Waals surface area contributed by atoms with Crippen LogP contribution in [0, 0.1) is 0 Å². The third-order valence-electron chi connectivity index (χ3n) is 3.93. The Hall–Kier alpha value is -3.41. The predicted octanol–water partition coefficient (Wildman–Crippen LogP) is 2.63. The van der Waals surface area contributed by atoms with Crippen molar-refractivity contribution in [3.8, 4) is 0 Å². The highest BCUT2D eigenvalue weighted by Crippen LogP contribution is 2.12. The Morgan fingerprint density at radius 1 is 1.12 bits per heavy atom. The number of benzene rings is 2. The number of aromatic amines is 1. The van der Waals surface area contributed by atoms with Crippen LogP contribution in [0.3, 0.4) is 0 Å². The molecule has 0 aliphatic carbocycles. The molecule has 0 unspecified atom stereocenters. The van der Waals surface area contributed by atoms with Crippen LogP contribution in [0.15, 0.2) is 59.5 Å². The maximum Gasteiger partial charge on any atom is 0.343 e. The molecule has 0 radical (unpaired) electrons. The van der Waals surface area contributed by atoms with Crippen molar-refractivity contribution in [2.45, 2.75) is 13.5 Å². The number of pyridine rings is 1. The number of hydrogen-bond acceptors (Lipinski definition) is 4. The van der Waals surface area contributed by atoms with Crippen LogP contribution in [0.2, 0.25) is 0 Å². The molecule has 1 aromatic heterocycles. The van der Waals surface area contributed by atoms with Crippen molar-refractivity contribution in [2.24, 2.45) is 0 Å². The van der Waals surface area contributed by atoms with Gasteiger partial charge < -0.3 is 15.0 Å². The number of hydrogen-bond donors (Lipinski definition) is 2. The SMILES string of the molecule is CCOC(=O)c1c[nH]c2cc(C(=O)NCc3ccccc3)ccc2c1=O. The van der Waals surface area contributed by atoms with E-state index in [1.54, 1.807) is 19.1 Å². The summed E-state index contributed by atoms with van der Waals surface area (Å²) in [5, 5.41) is 3.16. The number of amides is 1. The number of nitrogens with one attached hydrogen (secondary N) is 2. The second-order valence-corrected chi connectivity index (χ2v) is 5.68. The first-order valence-corrected chi connectivity index (χ1v) is 8.25. The summed E-state index contributed by atoms with van der Waals surface area (Å²) >= 11 is 0. The second kappa shape index (κ2) is 7.65. The molecular weight excluding hydrogens is 332 g/mol. The summed E-state index contributed by atoms with van der Waals surface area (Å²) in [5.41, 5.74) is 1.42. The van der Waals surface area contributed by atoms with Crippen LogP contribution < -0.4 is 10.7 Å². The van der Waals surface area contributed by atoms with E-state index < -0.39 is 11.4 Å². The molecule has 3 rings (SSSR count). The summed E-state index contributed by atoms with van der Waals surface area (Å²) < 4.78 is 4.87. The average molecular weight is 350 g/mol. The Kier molecular flexibility index (Phi) is 5.12. The van der Waals surface area contributed by atoms with Gasteiger partial charge >= 0.3 is 5.97 Å². The van der Waals surface area contributed by atoms with E-state index >= 15 is 0 Å². The number of ether oxygens (including phenoxy) is 1. The smallest absolute Gasteiger partial charge is 0.343 e. The largest absolute Gasteiger partial charge is 0.462 e. The minimum absolute atomic E-state index is 0.0550. The molecule has 0 atom stereocenters. The molecule has 6 nitrogen and oxygen atoms in total. The Labute approximate surface area is 149 Å². The van der Waals surface area contributed by atoms with Gasteiger partial charge in [-0.15, -0.1) is 0 Å². The lowest BCUT2D eigenvalue weighted by molar-refractivity contribution is 0.0524. The van der Waals surface area contributed by atoms with Crippen LogP contribution in [-0.4, -0.2) is 23.5 Å². The molecule has 0 saturated carbocycles. The first kappa shape index (κ1) is 17.4. The lowest BCUT2D eigenvalue weighted by atomic mass is 10.1. The molecule has 2 N–H and O–H groups in total. The summed E-state index contributed by atoms with van der Waals surface area (Å²) in [6, 6.07) is 14.3. The fourth-order valence-corrected chi connectivity index (χ4v) is 2.60. The normalized spacial score (nSPS) is 10.5. The average Bonchev–Trinajstić information content (AvgIpc) is 2.67. The molecule has 0 bridgehead atoms. The Morgan fingerprint density at radius 2 is 1.88 bits per heavy atom. The Balaban J connectivity index is 1.83. The minimum atomic E-state index is -0.666. The Bertz CT molecular complexity index is 1010. The lowest BCUT2D eigenvalue weighted by Crippen LogP contribution is -2.23. The van der Waals surface area contributed by atoms with Crippen LogP contribution in [-0.2, 0) is 11.3 Å². The number of aromatic nitrogens is 1. The number of H-pyrrole nitrogens is 1. The molecule has 6 heteroatoms. The summed E-state index contributed by atoms with van der Waals surface area (Å²) in [4.78, 5) is 39.4. The van der Waals surface area contributed by atoms with E-state index in [9.17, 15) is 14.4 Å². The van der Waals surface area contributed by atoms with Crippen molar-refractivity contribution < 1.29 is 14.3 Å². The van der Waals surface area contributed by atoms with E-state index in [1.165, 1.54) is 12.3 Å². The molecule has 3 aromatic rings. The summed E-state index contributed by atoms with van der Waals surface area (Å²) in [5.74, 6) is -0.911. The molecule has 0 saturated heterocycles. The molecule has 0 fully saturated rings. The van der Waals surface area contributed by atoms with Crippen molar-refractivity contribution in [1.82, 2.24) is 10.3 Å². The molecule has 0 aliphatic rings. The van der Waals surface area contributed by atoms with Gasteiger partial charge in [0, 0.05) is 23.7 Å². The molecular formula is C20H18N2O4. The maximum absolute atomic E-state index is 12.4. The van der Waals surface area contributed by atoms with E-state index in [1.807, 2.05) is 30.3 Å². The molecule has 26 heavy (non-hydrogen) atoms. The Morgan fingerprint density at radius 3 is 2.62 bits per heavy atom.